The molecule has 4 rings (SSSR count). The summed E-state index contributed by atoms with van der Waals surface area (Å²) in [6.45, 7) is 7.08. The Morgan fingerprint density at radius 1 is 1.00 bits per heavy atom. The molecule has 4 atom stereocenters. The number of hydrogen-bond donors (Lipinski definition) is 0. The zero-order valence-electron chi connectivity index (χ0n) is 15.9. The lowest BCUT2D eigenvalue weighted by atomic mass is 9.70. The maximum absolute atomic E-state index is 12.8. The van der Waals surface area contributed by atoms with Gasteiger partial charge in [0.25, 0.3) is 0 Å². The first-order valence-corrected chi connectivity index (χ1v) is 9.73. The fraction of sp³-hybridized carbons (Fsp3) is 0.458. The van der Waals surface area contributed by atoms with Gasteiger partial charge >= 0.3 is 5.97 Å². The Balaban J connectivity index is 1.64. The molecule has 2 saturated carbocycles. The lowest BCUT2D eigenvalue weighted by Crippen LogP contribution is -2.41. The summed E-state index contributed by atoms with van der Waals surface area (Å²) < 4.78 is 6.22. The van der Waals surface area contributed by atoms with Crippen molar-refractivity contribution in [1.29, 1.82) is 0 Å². The van der Waals surface area contributed by atoms with Crippen molar-refractivity contribution in [3.8, 4) is 0 Å². The number of benzene rings is 2. The molecule has 2 bridgehead atoms. The summed E-state index contributed by atoms with van der Waals surface area (Å²) in [6.07, 6.45) is 3.34. The molecule has 2 nitrogen and oxygen atoms in total. The summed E-state index contributed by atoms with van der Waals surface area (Å²) in [6, 6.07) is 20.0. The highest BCUT2D eigenvalue weighted by atomic mass is 16.5. The second-order valence-corrected chi connectivity index (χ2v) is 8.83. The van der Waals surface area contributed by atoms with Gasteiger partial charge in [-0.25, -0.2) is 4.79 Å². The molecule has 2 aliphatic carbocycles. The van der Waals surface area contributed by atoms with Crippen molar-refractivity contribution in [1.82, 2.24) is 0 Å². The average Bonchev–Trinajstić information content (AvgIpc) is 2.96. The van der Waals surface area contributed by atoms with Crippen LogP contribution in [0.4, 0.5) is 0 Å². The van der Waals surface area contributed by atoms with Crippen molar-refractivity contribution in [2.24, 2.45) is 22.7 Å². The summed E-state index contributed by atoms with van der Waals surface area (Å²) >= 11 is 0. The van der Waals surface area contributed by atoms with E-state index in [-0.39, 0.29) is 22.9 Å². The van der Waals surface area contributed by atoms with Crippen molar-refractivity contribution < 1.29 is 9.53 Å². The third kappa shape index (κ3) is 2.58. The predicted octanol–water partition coefficient (Wildman–Crippen LogP) is 5.53. The maximum Gasteiger partial charge on any atom is 0.338 e. The van der Waals surface area contributed by atoms with Crippen molar-refractivity contribution in [3.05, 3.63) is 71.8 Å². The molecule has 2 aliphatic rings. The summed E-state index contributed by atoms with van der Waals surface area (Å²) in [5.74, 6) is 0.804. The van der Waals surface area contributed by atoms with Gasteiger partial charge in [0.05, 0.1) is 5.56 Å². The first kappa shape index (κ1) is 17.3. The van der Waals surface area contributed by atoms with Gasteiger partial charge < -0.3 is 4.74 Å². The van der Waals surface area contributed by atoms with Gasteiger partial charge in [0.15, 0.2) is 0 Å². The van der Waals surface area contributed by atoms with Gasteiger partial charge in [-0.3, -0.25) is 0 Å². The number of carbonyl (C=O) groups excluding carboxylic acids is 1. The summed E-state index contributed by atoms with van der Waals surface area (Å²) in [5, 5.41) is 0. The van der Waals surface area contributed by atoms with Crippen LogP contribution in [0.5, 0.6) is 0 Å². The van der Waals surface area contributed by atoms with E-state index in [1.165, 1.54) is 12.0 Å². The molecule has 0 spiro atoms. The van der Waals surface area contributed by atoms with Crippen molar-refractivity contribution >= 4 is 5.97 Å². The minimum atomic E-state index is -0.182. The highest BCUT2D eigenvalue weighted by molar-refractivity contribution is 5.89. The summed E-state index contributed by atoms with van der Waals surface area (Å²) in [4.78, 5) is 12.8. The molecule has 26 heavy (non-hydrogen) atoms. The van der Waals surface area contributed by atoms with Gasteiger partial charge in [-0.05, 0) is 48.3 Å². The van der Waals surface area contributed by atoms with Crippen LogP contribution in [0, 0.1) is 22.7 Å². The molecule has 2 fully saturated rings. The van der Waals surface area contributed by atoms with E-state index < -0.39 is 0 Å². The van der Waals surface area contributed by atoms with E-state index >= 15 is 0 Å². The van der Waals surface area contributed by atoms with E-state index in [4.69, 9.17) is 4.74 Å². The largest absolute Gasteiger partial charge is 0.458 e. The van der Waals surface area contributed by atoms with Crippen LogP contribution in [0.1, 0.15) is 49.5 Å². The second kappa shape index (κ2) is 6.26. The minimum Gasteiger partial charge on any atom is -0.458 e. The van der Waals surface area contributed by atoms with Crippen LogP contribution in [-0.4, -0.2) is 12.1 Å². The number of fused-ring (bicyclic) bond motifs is 2. The zero-order valence-corrected chi connectivity index (χ0v) is 15.9. The number of ether oxygens (including phenoxy) is 1. The SMILES string of the molecule is CC1(C)[C@H]2CC[C@]1(C)[C@@H](OC(=O)c1ccccc1)[C@H]2Cc1ccccc1. The molecule has 0 amide bonds. The average molecular weight is 348 g/mol. The van der Waals surface area contributed by atoms with E-state index in [2.05, 4.69) is 51.1 Å². The maximum atomic E-state index is 12.8. The smallest absolute Gasteiger partial charge is 0.338 e. The molecule has 0 aromatic heterocycles. The quantitative estimate of drug-likeness (QED) is 0.679. The Morgan fingerprint density at radius 2 is 1.62 bits per heavy atom. The van der Waals surface area contributed by atoms with Crippen molar-refractivity contribution in [2.45, 2.75) is 46.1 Å². The molecule has 2 aromatic carbocycles. The third-order valence-corrected chi connectivity index (χ3v) is 7.46. The molecule has 0 aliphatic heterocycles. The van der Waals surface area contributed by atoms with E-state index in [0.717, 1.165) is 12.8 Å². The topological polar surface area (TPSA) is 26.3 Å². The van der Waals surface area contributed by atoms with Crippen LogP contribution in [0.15, 0.2) is 60.7 Å². The van der Waals surface area contributed by atoms with Crippen LogP contribution in [0.3, 0.4) is 0 Å². The van der Waals surface area contributed by atoms with Crippen molar-refractivity contribution in [2.75, 3.05) is 0 Å². The van der Waals surface area contributed by atoms with E-state index in [1.807, 2.05) is 30.3 Å². The molecular weight excluding hydrogens is 320 g/mol. The number of hydrogen-bond acceptors (Lipinski definition) is 2. The monoisotopic (exact) mass is 348 g/mol. The van der Waals surface area contributed by atoms with Crippen LogP contribution in [0.2, 0.25) is 0 Å². The van der Waals surface area contributed by atoms with E-state index in [9.17, 15) is 4.79 Å². The molecule has 0 heterocycles. The first-order chi connectivity index (χ1) is 12.4. The van der Waals surface area contributed by atoms with Gasteiger partial charge in [0.1, 0.15) is 6.10 Å². The number of carbonyl (C=O) groups is 1. The Hall–Kier alpha value is -2.09. The van der Waals surface area contributed by atoms with Crippen LogP contribution >= 0.6 is 0 Å². The molecule has 0 unspecified atom stereocenters. The second-order valence-electron chi connectivity index (χ2n) is 8.83. The van der Waals surface area contributed by atoms with Crippen LogP contribution in [-0.2, 0) is 11.2 Å². The molecule has 136 valence electrons. The molecule has 2 heteroatoms. The molecular formula is C24H28O2. The van der Waals surface area contributed by atoms with Gasteiger partial charge in [0, 0.05) is 11.3 Å². The highest BCUT2D eigenvalue weighted by Gasteiger charge is 2.67. The lowest BCUT2D eigenvalue weighted by Gasteiger charge is -2.39. The lowest BCUT2D eigenvalue weighted by molar-refractivity contribution is -0.0409. The Morgan fingerprint density at radius 3 is 2.27 bits per heavy atom. The molecule has 0 N–H and O–H groups in total. The molecule has 2 aromatic rings. The van der Waals surface area contributed by atoms with Gasteiger partial charge in [-0.1, -0.05) is 69.3 Å². The van der Waals surface area contributed by atoms with Crippen molar-refractivity contribution in [3.63, 3.8) is 0 Å². The Bertz CT molecular complexity index is 780. The van der Waals surface area contributed by atoms with E-state index in [0.29, 0.717) is 17.4 Å². The van der Waals surface area contributed by atoms with Crippen LogP contribution in [0.25, 0.3) is 0 Å². The first-order valence-electron chi connectivity index (χ1n) is 9.73. The number of esters is 1. The van der Waals surface area contributed by atoms with Gasteiger partial charge in [-0.2, -0.15) is 0 Å². The van der Waals surface area contributed by atoms with Crippen LogP contribution < -0.4 is 0 Å². The minimum absolute atomic E-state index is 0.0239. The highest BCUT2D eigenvalue weighted by Crippen LogP contribution is 2.69. The normalized spacial score (nSPS) is 31.7. The summed E-state index contributed by atoms with van der Waals surface area (Å²) in [5.41, 5.74) is 2.22. The molecule has 0 saturated heterocycles. The van der Waals surface area contributed by atoms with Gasteiger partial charge in [0.2, 0.25) is 0 Å². The summed E-state index contributed by atoms with van der Waals surface area (Å²) in [7, 11) is 0. The number of rotatable bonds is 4. The Kier molecular flexibility index (Phi) is 4.17. The Labute approximate surface area is 156 Å². The third-order valence-electron chi connectivity index (χ3n) is 7.46. The molecule has 0 radical (unpaired) electrons. The predicted molar refractivity (Wildman–Crippen MR) is 104 cm³/mol. The fourth-order valence-electron chi connectivity index (χ4n) is 5.61. The fourth-order valence-corrected chi connectivity index (χ4v) is 5.61. The van der Waals surface area contributed by atoms with Gasteiger partial charge in [-0.15, -0.1) is 0 Å². The standard InChI is InChI=1S/C24H28O2/c1-23(2)20-14-15-24(23,3)21(19(20)16-17-10-6-4-7-11-17)26-22(25)18-12-8-5-9-13-18/h4-13,19-21H,14-16H2,1-3H3/t19-,20-,21-,24+/m0/s1. The van der Waals surface area contributed by atoms with E-state index in [1.54, 1.807) is 0 Å². The zero-order chi connectivity index (χ0) is 18.4.